The molecule has 1 saturated heterocycles. The lowest BCUT2D eigenvalue weighted by Gasteiger charge is -2.23. The second-order valence-electron chi connectivity index (χ2n) is 5.61. The van der Waals surface area contributed by atoms with Gasteiger partial charge in [-0.15, -0.1) is 0 Å². The number of rotatable bonds is 1. The van der Waals surface area contributed by atoms with Crippen molar-refractivity contribution in [2.75, 3.05) is 23.7 Å². The van der Waals surface area contributed by atoms with Gasteiger partial charge in [0.15, 0.2) is 0 Å². The molecule has 0 bridgehead atoms. The molecule has 0 amide bonds. The molecule has 1 heterocycles. The van der Waals surface area contributed by atoms with E-state index in [1.165, 1.54) is 6.07 Å². The highest BCUT2D eigenvalue weighted by atomic mass is 19.4. The Morgan fingerprint density at radius 2 is 1.94 bits per heavy atom. The van der Waals surface area contributed by atoms with Gasteiger partial charge in [0.1, 0.15) is 0 Å². The molecule has 18 heavy (non-hydrogen) atoms. The van der Waals surface area contributed by atoms with Crippen LogP contribution in [0.3, 0.4) is 0 Å². The molecule has 0 unspecified atom stereocenters. The Hall–Kier alpha value is -1.39. The van der Waals surface area contributed by atoms with Crippen molar-refractivity contribution in [3.63, 3.8) is 0 Å². The van der Waals surface area contributed by atoms with Crippen LogP contribution in [0.2, 0.25) is 0 Å². The molecule has 2 rings (SSSR count). The van der Waals surface area contributed by atoms with Crippen LogP contribution in [-0.2, 0) is 6.18 Å². The minimum Gasteiger partial charge on any atom is -0.397 e. The van der Waals surface area contributed by atoms with Crippen LogP contribution in [0.1, 0.15) is 25.8 Å². The molecule has 2 nitrogen and oxygen atoms in total. The summed E-state index contributed by atoms with van der Waals surface area (Å²) >= 11 is 0. The Balaban J connectivity index is 2.26. The van der Waals surface area contributed by atoms with Gasteiger partial charge in [0, 0.05) is 13.1 Å². The fraction of sp³-hybridized carbons (Fsp3) is 0.538. The van der Waals surface area contributed by atoms with Crippen molar-refractivity contribution < 1.29 is 13.2 Å². The quantitative estimate of drug-likeness (QED) is 0.781. The number of anilines is 2. The molecule has 1 aliphatic heterocycles. The lowest BCUT2D eigenvalue weighted by atomic mass is 9.93. The molecular formula is C13H17F3N2. The third-order valence-corrected chi connectivity index (χ3v) is 3.37. The van der Waals surface area contributed by atoms with Crippen LogP contribution in [0.4, 0.5) is 24.5 Å². The van der Waals surface area contributed by atoms with Crippen molar-refractivity contribution in [3.8, 4) is 0 Å². The van der Waals surface area contributed by atoms with E-state index in [9.17, 15) is 13.2 Å². The minimum absolute atomic E-state index is 0.190. The average molecular weight is 258 g/mol. The summed E-state index contributed by atoms with van der Waals surface area (Å²) in [6, 6.07) is 3.58. The maximum Gasteiger partial charge on any atom is 0.416 e. The molecule has 100 valence electrons. The summed E-state index contributed by atoms with van der Waals surface area (Å²) < 4.78 is 37.6. The second-order valence-corrected chi connectivity index (χ2v) is 5.61. The molecule has 1 fully saturated rings. The largest absolute Gasteiger partial charge is 0.416 e. The SMILES string of the molecule is CC1(C)CCN(c2ccc(C(F)(F)F)cc2N)C1. The molecule has 0 spiro atoms. The smallest absolute Gasteiger partial charge is 0.397 e. The summed E-state index contributed by atoms with van der Waals surface area (Å²) in [5.74, 6) is 0. The van der Waals surface area contributed by atoms with Gasteiger partial charge in [-0.05, 0) is 30.0 Å². The molecule has 0 aliphatic carbocycles. The van der Waals surface area contributed by atoms with Crippen LogP contribution >= 0.6 is 0 Å². The maximum atomic E-state index is 12.5. The third-order valence-electron chi connectivity index (χ3n) is 3.37. The number of hydrogen-bond acceptors (Lipinski definition) is 2. The molecule has 1 aromatic rings. The van der Waals surface area contributed by atoms with Crippen molar-refractivity contribution in [3.05, 3.63) is 23.8 Å². The number of nitrogen functional groups attached to an aromatic ring is 1. The van der Waals surface area contributed by atoms with Gasteiger partial charge in [-0.2, -0.15) is 13.2 Å². The Kier molecular flexibility index (Phi) is 2.95. The molecule has 2 N–H and O–H groups in total. The van der Waals surface area contributed by atoms with Crippen LogP contribution in [0.15, 0.2) is 18.2 Å². The van der Waals surface area contributed by atoms with Gasteiger partial charge in [-0.3, -0.25) is 0 Å². The normalized spacial score (nSPS) is 19.3. The van der Waals surface area contributed by atoms with E-state index in [2.05, 4.69) is 18.7 Å². The Labute approximate surface area is 105 Å². The molecule has 1 aliphatic rings. The Morgan fingerprint density at radius 1 is 1.28 bits per heavy atom. The van der Waals surface area contributed by atoms with Crippen molar-refractivity contribution >= 4 is 11.4 Å². The molecule has 1 aromatic carbocycles. The number of benzene rings is 1. The van der Waals surface area contributed by atoms with E-state index in [0.717, 1.165) is 31.6 Å². The molecule has 0 radical (unpaired) electrons. The zero-order valence-corrected chi connectivity index (χ0v) is 10.5. The second kappa shape index (κ2) is 4.07. The zero-order valence-electron chi connectivity index (χ0n) is 10.5. The first-order chi connectivity index (χ1) is 8.19. The number of hydrogen-bond donors (Lipinski definition) is 1. The van der Waals surface area contributed by atoms with Crippen molar-refractivity contribution in [1.82, 2.24) is 0 Å². The lowest BCUT2D eigenvalue weighted by Crippen LogP contribution is -2.23. The fourth-order valence-electron chi connectivity index (χ4n) is 2.34. The van der Waals surface area contributed by atoms with Crippen LogP contribution in [0.25, 0.3) is 0 Å². The van der Waals surface area contributed by atoms with Gasteiger partial charge in [0.25, 0.3) is 0 Å². The van der Waals surface area contributed by atoms with Crippen LogP contribution in [-0.4, -0.2) is 13.1 Å². The Morgan fingerprint density at radius 3 is 2.39 bits per heavy atom. The zero-order chi connectivity index (χ0) is 13.6. The van der Waals surface area contributed by atoms with Crippen molar-refractivity contribution in [1.29, 1.82) is 0 Å². The monoisotopic (exact) mass is 258 g/mol. The number of alkyl halides is 3. The highest BCUT2D eigenvalue weighted by Crippen LogP contribution is 2.38. The lowest BCUT2D eigenvalue weighted by molar-refractivity contribution is -0.137. The van der Waals surface area contributed by atoms with Gasteiger partial charge in [0.2, 0.25) is 0 Å². The molecule has 5 heteroatoms. The summed E-state index contributed by atoms with van der Waals surface area (Å²) in [5.41, 5.74) is 6.14. The first-order valence-electron chi connectivity index (χ1n) is 5.91. The predicted molar refractivity (Wildman–Crippen MR) is 66.5 cm³/mol. The van der Waals surface area contributed by atoms with Crippen LogP contribution in [0, 0.1) is 5.41 Å². The third kappa shape index (κ3) is 2.54. The highest BCUT2D eigenvalue weighted by molar-refractivity contribution is 5.69. The van der Waals surface area contributed by atoms with E-state index < -0.39 is 11.7 Å². The molecule has 0 atom stereocenters. The van der Waals surface area contributed by atoms with E-state index in [4.69, 9.17) is 5.73 Å². The van der Waals surface area contributed by atoms with Gasteiger partial charge < -0.3 is 10.6 Å². The molecule has 0 aromatic heterocycles. The van der Waals surface area contributed by atoms with E-state index in [1.807, 2.05) is 0 Å². The number of halogens is 3. The topological polar surface area (TPSA) is 29.3 Å². The predicted octanol–water partition coefficient (Wildman–Crippen LogP) is 3.52. The molecular weight excluding hydrogens is 241 g/mol. The summed E-state index contributed by atoms with van der Waals surface area (Å²) in [6.07, 6.45) is -3.32. The standard InChI is InChI=1S/C13H17F3N2/c1-12(2)5-6-18(8-12)11-4-3-9(7-10(11)17)13(14,15)16/h3-4,7H,5-6,8,17H2,1-2H3. The first-order valence-corrected chi connectivity index (χ1v) is 5.91. The fourth-order valence-corrected chi connectivity index (χ4v) is 2.34. The van der Waals surface area contributed by atoms with E-state index >= 15 is 0 Å². The van der Waals surface area contributed by atoms with E-state index in [1.54, 1.807) is 0 Å². The summed E-state index contributed by atoms with van der Waals surface area (Å²) in [5, 5.41) is 0. The summed E-state index contributed by atoms with van der Waals surface area (Å²) in [6.45, 7) is 5.95. The van der Waals surface area contributed by atoms with E-state index in [-0.39, 0.29) is 11.1 Å². The van der Waals surface area contributed by atoms with Gasteiger partial charge >= 0.3 is 6.18 Å². The number of nitrogens with zero attached hydrogens (tertiary/aromatic N) is 1. The minimum atomic E-state index is -4.34. The maximum absolute atomic E-state index is 12.5. The first kappa shape index (κ1) is 13.1. The van der Waals surface area contributed by atoms with Crippen LogP contribution in [0.5, 0.6) is 0 Å². The van der Waals surface area contributed by atoms with Crippen molar-refractivity contribution in [2.24, 2.45) is 5.41 Å². The summed E-state index contributed by atoms with van der Waals surface area (Å²) in [7, 11) is 0. The van der Waals surface area contributed by atoms with E-state index in [0.29, 0.717) is 5.69 Å². The van der Waals surface area contributed by atoms with Crippen LogP contribution < -0.4 is 10.6 Å². The van der Waals surface area contributed by atoms with Gasteiger partial charge in [-0.25, -0.2) is 0 Å². The van der Waals surface area contributed by atoms with Crippen molar-refractivity contribution in [2.45, 2.75) is 26.4 Å². The average Bonchev–Trinajstić information content (AvgIpc) is 2.57. The highest BCUT2D eigenvalue weighted by Gasteiger charge is 2.33. The Bertz CT molecular complexity index is 452. The number of nitrogens with two attached hydrogens (primary N) is 1. The molecule has 0 saturated carbocycles. The summed E-state index contributed by atoms with van der Waals surface area (Å²) in [4.78, 5) is 2.05. The van der Waals surface area contributed by atoms with Gasteiger partial charge in [-0.1, -0.05) is 13.8 Å². The van der Waals surface area contributed by atoms with Gasteiger partial charge in [0.05, 0.1) is 16.9 Å².